The average Bonchev–Trinajstić information content (AvgIpc) is 2.24. The summed E-state index contributed by atoms with van der Waals surface area (Å²) in [6.07, 6.45) is 2.15. The molecule has 0 saturated carbocycles. The van der Waals surface area contributed by atoms with Gasteiger partial charge in [0.1, 0.15) is 9.84 Å². The Balaban J connectivity index is 2.50. The van der Waals surface area contributed by atoms with Gasteiger partial charge >= 0.3 is 5.97 Å². The predicted molar refractivity (Wildman–Crippen MR) is 70.4 cm³/mol. The van der Waals surface area contributed by atoms with Gasteiger partial charge in [-0.3, -0.25) is 9.69 Å². The maximum Gasteiger partial charge on any atom is 0.303 e. The van der Waals surface area contributed by atoms with Crippen molar-refractivity contribution >= 4 is 15.8 Å². The molecule has 0 unspecified atom stereocenters. The van der Waals surface area contributed by atoms with Crippen molar-refractivity contribution in [3.8, 4) is 0 Å². The number of sulfone groups is 1. The van der Waals surface area contributed by atoms with Crippen molar-refractivity contribution in [1.29, 1.82) is 0 Å². The summed E-state index contributed by atoms with van der Waals surface area (Å²) in [4.78, 5) is 12.8. The summed E-state index contributed by atoms with van der Waals surface area (Å²) in [5, 5.41) is 8.65. The molecular formula is C12H23NO4S. The van der Waals surface area contributed by atoms with Crippen LogP contribution in [0.3, 0.4) is 0 Å². The van der Waals surface area contributed by atoms with Gasteiger partial charge < -0.3 is 5.11 Å². The van der Waals surface area contributed by atoms with E-state index >= 15 is 0 Å². The van der Waals surface area contributed by atoms with E-state index in [2.05, 4.69) is 18.7 Å². The standard InChI is InChI=1S/C12H23NO4S/c1-10(2)13(7-3-4-12(14)15)11-5-8-18(16,17)9-6-11/h10-11H,3-9H2,1-2H3,(H,14,15). The fourth-order valence-electron chi connectivity index (χ4n) is 2.48. The first-order valence-corrected chi connectivity index (χ1v) is 8.32. The highest BCUT2D eigenvalue weighted by Gasteiger charge is 2.28. The van der Waals surface area contributed by atoms with E-state index in [1.54, 1.807) is 0 Å². The molecular weight excluding hydrogens is 254 g/mol. The van der Waals surface area contributed by atoms with Gasteiger partial charge in [-0.05, 0) is 39.7 Å². The molecule has 5 nitrogen and oxygen atoms in total. The Morgan fingerprint density at radius 2 is 1.89 bits per heavy atom. The van der Waals surface area contributed by atoms with Gasteiger partial charge in [-0.1, -0.05) is 0 Å². The molecule has 0 amide bonds. The Morgan fingerprint density at radius 3 is 2.33 bits per heavy atom. The van der Waals surface area contributed by atoms with E-state index in [1.807, 2.05) is 0 Å². The molecule has 0 aliphatic carbocycles. The van der Waals surface area contributed by atoms with Crippen LogP contribution in [-0.2, 0) is 14.6 Å². The number of aliphatic carboxylic acids is 1. The molecule has 0 aromatic carbocycles. The first kappa shape index (κ1) is 15.4. The Labute approximate surface area is 109 Å². The molecule has 1 rings (SSSR count). The third-order valence-electron chi connectivity index (χ3n) is 3.46. The minimum Gasteiger partial charge on any atom is -0.481 e. The lowest BCUT2D eigenvalue weighted by Gasteiger charge is -2.37. The molecule has 0 aromatic rings. The van der Waals surface area contributed by atoms with Gasteiger partial charge in [0.05, 0.1) is 11.5 Å². The fraction of sp³-hybridized carbons (Fsp3) is 0.917. The molecule has 1 heterocycles. The van der Waals surface area contributed by atoms with Gasteiger partial charge in [0.25, 0.3) is 0 Å². The zero-order valence-corrected chi connectivity index (χ0v) is 11.9. The van der Waals surface area contributed by atoms with Crippen molar-refractivity contribution in [2.24, 2.45) is 0 Å². The second kappa shape index (κ2) is 6.52. The molecule has 1 aliphatic rings. The van der Waals surface area contributed by atoms with E-state index in [9.17, 15) is 13.2 Å². The number of rotatable bonds is 6. The largest absolute Gasteiger partial charge is 0.481 e. The molecule has 1 saturated heterocycles. The SMILES string of the molecule is CC(C)N(CCCC(=O)O)C1CCS(=O)(=O)CC1. The molecule has 106 valence electrons. The maximum absolute atomic E-state index is 11.4. The van der Waals surface area contributed by atoms with Crippen molar-refractivity contribution < 1.29 is 18.3 Å². The molecule has 0 spiro atoms. The molecule has 0 radical (unpaired) electrons. The number of carbonyl (C=O) groups is 1. The van der Waals surface area contributed by atoms with Crippen LogP contribution in [0.5, 0.6) is 0 Å². The van der Waals surface area contributed by atoms with Gasteiger partial charge in [-0.2, -0.15) is 0 Å². The van der Waals surface area contributed by atoms with E-state index in [0.29, 0.717) is 25.3 Å². The van der Waals surface area contributed by atoms with Crippen molar-refractivity contribution in [3.63, 3.8) is 0 Å². The molecule has 1 fully saturated rings. The average molecular weight is 277 g/mol. The summed E-state index contributed by atoms with van der Waals surface area (Å²) in [7, 11) is -2.83. The van der Waals surface area contributed by atoms with Crippen molar-refractivity contribution in [2.75, 3.05) is 18.1 Å². The van der Waals surface area contributed by atoms with E-state index in [4.69, 9.17) is 5.11 Å². The summed E-state index contributed by atoms with van der Waals surface area (Å²) < 4.78 is 22.8. The monoisotopic (exact) mass is 277 g/mol. The van der Waals surface area contributed by atoms with Gasteiger partial charge in [-0.25, -0.2) is 8.42 Å². The van der Waals surface area contributed by atoms with Crippen LogP contribution in [0, 0.1) is 0 Å². The van der Waals surface area contributed by atoms with Crippen LogP contribution in [0.2, 0.25) is 0 Å². The highest BCUT2D eigenvalue weighted by Crippen LogP contribution is 2.20. The minimum absolute atomic E-state index is 0.175. The Morgan fingerprint density at radius 1 is 1.33 bits per heavy atom. The van der Waals surface area contributed by atoms with Crippen LogP contribution < -0.4 is 0 Å². The first-order chi connectivity index (χ1) is 8.32. The smallest absolute Gasteiger partial charge is 0.303 e. The zero-order chi connectivity index (χ0) is 13.8. The van der Waals surface area contributed by atoms with Crippen LogP contribution in [0.4, 0.5) is 0 Å². The topological polar surface area (TPSA) is 74.7 Å². The summed E-state index contributed by atoms with van der Waals surface area (Å²) in [6, 6.07) is 0.604. The molecule has 0 atom stereocenters. The number of hydrogen-bond donors (Lipinski definition) is 1. The summed E-state index contributed by atoms with van der Waals surface area (Å²) in [5.41, 5.74) is 0. The van der Waals surface area contributed by atoms with Crippen LogP contribution in [0.25, 0.3) is 0 Å². The Bertz CT molecular complexity index is 364. The lowest BCUT2D eigenvalue weighted by molar-refractivity contribution is -0.137. The maximum atomic E-state index is 11.4. The second-order valence-electron chi connectivity index (χ2n) is 5.21. The molecule has 1 aliphatic heterocycles. The summed E-state index contributed by atoms with van der Waals surface area (Å²) >= 11 is 0. The zero-order valence-electron chi connectivity index (χ0n) is 11.1. The minimum atomic E-state index is -2.83. The van der Waals surface area contributed by atoms with Gasteiger partial charge in [0, 0.05) is 18.5 Å². The Hall–Kier alpha value is -0.620. The first-order valence-electron chi connectivity index (χ1n) is 6.50. The van der Waals surface area contributed by atoms with Gasteiger partial charge in [-0.15, -0.1) is 0 Å². The van der Waals surface area contributed by atoms with Crippen LogP contribution in [-0.4, -0.2) is 54.5 Å². The number of hydrogen-bond acceptors (Lipinski definition) is 4. The van der Waals surface area contributed by atoms with Crippen molar-refractivity contribution in [1.82, 2.24) is 4.90 Å². The number of carboxylic acid groups (broad SMARTS) is 1. The van der Waals surface area contributed by atoms with E-state index in [-0.39, 0.29) is 24.0 Å². The Kier molecular flexibility index (Phi) is 5.59. The van der Waals surface area contributed by atoms with Gasteiger partial charge in [0.2, 0.25) is 0 Å². The van der Waals surface area contributed by atoms with Crippen LogP contribution >= 0.6 is 0 Å². The van der Waals surface area contributed by atoms with E-state index in [0.717, 1.165) is 6.54 Å². The lowest BCUT2D eigenvalue weighted by atomic mass is 10.1. The normalized spacial score (nSPS) is 20.4. The van der Waals surface area contributed by atoms with E-state index in [1.165, 1.54) is 0 Å². The highest BCUT2D eigenvalue weighted by molar-refractivity contribution is 7.91. The predicted octanol–water partition coefficient (Wildman–Crippen LogP) is 1.14. The quantitative estimate of drug-likeness (QED) is 0.788. The molecule has 18 heavy (non-hydrogen) atoms. The number of carboxylic acids is 1. The molecule has 0 bridgehead atoms. The van der Waals surface area contributed by atoms with Gasteiger partial charge in [0.15, 0.2) is 0 Å². The summed E-state index contributed by atoms with van der Waals surface area (Å²) in [5.74, 6) is -0.246. The van der Waals surface area contributed by atoms with Crippen LogP contribution in [0.15, 0.2) is 0 Å². The fourth-order valence-corrected chi connectivity index (χ4v) is 3.95. The molecule has 0 aromatic heterocycles. The second-order valence-corrected chi connectivity index (χ2v) is 7.52. The van der Waals surface area contributed by atoms with Crippen molar-refractivity contribution in [3.05, 3.63) is 0 Å². The third-order valence-corrected chi connectivity index (χ3v) is 5.18. The van der Waals surface area contributed by atoms with Crippen LogP contribution in [0.1, 0.15) is 39.5 Å². The summed E-state index contributed by atoms with van der Waals surface area (Å²) in [6.45, 7) is 4.88. The highest BCUT2D eigenvalue weighted by atomic mass is 32.2. The van der Waals surface area contributed by atoms with E-state index < -0.39 is 15.8 Å². The van der Waals surface area contributed by atoms with Crippen molar-refractivity contribution in [2.45, 2.75) is 51.6 Å². The lowest BCUT2D eigenvalue weighted by Crippen LogP contribution is -2.45. The molecule has 1 N–H and O–H groups in total. The third kappa shape index (κ3) is 4.94. The number of nitrogens with zero attached hydrogens (tertiary/aromatic N) is 1. The molecule has 6 heteroatoms.